The molecule has 0 aliphatic heterocycles. The molecule has 1 N–H and O–H groups in total. The molecule has 0 saturated heterocycles. The summed E-state index contributed by atoms with van der Waals surface area (Å²) in [5, 5.41) is 14.4. The largest absolute Gasteiger partial charge is 0.314 e. The number of likely N-dealkylation sites (N-methyl/N-ethyl adjacent to an activating group) is 1. The predicted octanol–water partition coefficient (Wildman–Crippen LogP) is 3.68. The van der Waals surface area contributed by atoms with E-state index in [1.807, 2.05) is 12.1 Å². The molecule has 100 valence electrons. The number of hydrogen-bond acceptors (Lipinski definition) is 3. The summed E-state index contributed by atoms with van der Waals surface area (Å²) >= 11 is 3.27. The molecule has 0 bridgehead atoms. The highest BCUT2D eigenvalue weighted by Gasteiger charge is 2.17. The van der Waals surface area contributed by atoms with Crippen LogP contribution in [0.15, 0.2) is 22.7 Å². The molecule has 18 heavy (non-hydrogen) atoms. The predicted molar refractivity (Wildman–Crippen MR) is 76.9 cm³/mol. The number of rotatable bonds is 7. The highest BCUT2D eigenvalue weighted by atomic mass is 79.9. The first-order valence-electron chi connectivity index (χ1n) is 6.24. The van der Waals surface area contributed by atoms with Crippen molar-refractivity contribution < 1.29 is 4.92 Å². The molecular formula is C13H19BrN2O2. The number of benzene rings is 1. The van der Waals surface area contributed by atoms with Gasteiger partial charge < -0.3 is 5.32 Å². The average molecular weight is 315 g/mol. The van der Waals surface area contributed by atoms with Gasteiger partial charge in [0.1, 0.15) is 0 Å². The number of nitro groups is 1. The Morgan fingerprint density at radius 3 is 2.72 bits per heavy atom. The summed E-state index contributed by atoms with van der Waals surface area (Å²) in [6, 6.07) is 5.57. The molecular weight excluding hydrogens is 296 g/mol. The first kappa shape index (κ1) is 15.1. The van der Waals surface area contributed by atoms with Crippen molar-refractivity contribution in [2.45, 2.75) is 39.2 Å². The van der Waals surface area contributed by atoms with Crippen molar-refractivity contribution in [3.8, 4) is 0 Å². The molecule has 0 aliphatic rings. The van der Waals surface area contributed by atoms with Crippen molar-refractivity contribution in [1.82, 2.24) is 5.32 Å². The summed E-state index contributed by atoms with van der Waals surface area (Å²) < 4.78 is 0.744. The van der Waals surface area contributed by atoms with E-state index in [0.29, 0.717) is 12.5 Å². The standard InChI is InChI=1S/C13H19BrN2O2/c1-3-5-12(15-4-2)8-10-6-7-11(14)9-13(10)16(17)18/h6-7,9,12,15H,3-5,8H2,1-2H3. The summed E-state index contributed by atoms with van der Waals surface area (Å²) in [5.41, 5.74) is 0.992. The average Bonchev–Trinajstić information content (AvgIpc) is 2.32. The zero-order valence-corrected chi connectivity index (χ0v) is 12.4. The highest BCUT2D eigenvalue weighted by Crippen LogP contribution is 2.25. The molecule has 4 nitrogen and oxygen atoms in total. The molecule has 0 heterocycles. The van der Waals surface area contributed by atoms with E-state index in [2.05, 4.69) is 35.1 Å². The van der Waals surface area contributed by atoms with E-state index in [4.69, 9.17) is 0 Å². The summed E-state index contributed by atoms with van der Waals surface area (Å²) in [6.45, 7) is 5.06. The molecule has 1 rings (SSSR count). The van der Waals surface area contributed by atoms with Gasteiger partial charge in [-0.3, -0.25) is 10.1 Å². The number of nitrogens with one attached hydrogen (secondary N) is 1. The molecule has 1 atom stereocenters. The maximum atomic E-state index is 11.0. The first-order chi connectivity index (χ1) is 8.58. The van der Waals surface area contributed by atoms with E-state index >= 15 is 0 Å². The lowest BCUT2D eigenvalue weighted by Crippen LogP contribution is -2.31. The van der Waals surface area contributed by atoms with E-state index < -0.39 is 0 Å². The van der Waals surface area contributed by atoms with Crippen LogP contribution in [0.4, 0.5) is 5.69 Å². The second-order valence-electron chi connectivity index (χ2n) is 4.28. The smallest absolute Gasteiger partial charge is 0.273 e. The van der Waals surface area contributed by atoms with Crippen LogP contribution < -0.4 is 5.32 Å². The van der Waals surface area contributed by atoms with Crippen molar-refractivity contribution >= 4 is 21.6 Å². The lowest BCUT2D eigenvalue weighted by atomic mass is 10.0. The second-order valence-corrected chi connectivity index (χ2v) is 5.19. The summed E-state index contributed by atoms with van der Waals surface area (Å²) in [7, 11) is 0. The van der Waals surface area contributed by atoms with E-state index in [1.165, 1.54) is 0 Å². The SMILES string of the molecule is CCCC(Cc1ccc(Br)cc1[N+](=O)[O-])NCC. The van der Waals surface area contributed by atoms with E-state index in [9.17, 15) is 10.1 Å². The molecule has 1 unspecified atom stereocenters. The van der Waals surface area contributed by atoms with Crippen LogP contribution in [0.3, 0.4) is 0 Å². The van der Waals surface area contributed by atoms with Gasteiger partial charge in [0.25, 0.3) is 5.69 Å². The minimum atomic E-state index is -0.310. The fourth-order valence-corrected chi connectivity index (χ4v) is 2.41. The number of nitrogens with zero attached hydrogens (tertiary/aromatic N) is 1. The molecule has 1 aromatic rings. The van der Waals surface area contributed by atoms with Crippen LogP contribution in [0.1, 0.15) is 32.3 Å². The zero-order valence-electron chi connectivity index (χ0n) is 10.8. The van der Waals surface area contributed by atoms with Gasteiger partial charge in [0.05, 0.1) is 4.92 Å². The topological polar surface area (TPSA) is 55.2 Å². The molecule has 0 spiro atoms. The maximum absolute atomic E-state index is 11.0. The van der Waals surface area contributed by atoms with Crippen LogP contribution in [0.2, 0.25) is 0 Å². The van der Waals surface area contributed by atoms with Gasteiger partial charge in [-0.2, -0.15) is 0 Å². The molecule has 0 radical (unpaired) electrons. The number of nitro benzene ring substituents is 1. The van der Waals surface area contributed by atoms with Gasteiger partial charge in [-0.05, 0) is 25.5 Å². The van der Waals surface area contributed by atoms with E-state index in [1.54, 1.807) is 6.07 Å². The Bertz CT molecular complexity index is 404. The molecule has 0 amide bonds. The van der Waals surface area contributed by atoms with Crippen molar-refractivity contribution in [2.24, 2.45) is 0 Å². The van der Waals surface area contributed by atoms with Crippen LogP contribution in [-0.2, 0) is 6.42 Å². The Morgan fingerprint density at radius 1 is 1.44 bits per heavy atom. The van der Waals surface area contributed by atoms with Gasteiger partial charge in [0.2, 0.25) is 0 Å². The highest BCUT2D eigenvalue weighted by molar-refractivity contribution is 9.10. The van der Waals surface area contributed by atoms with Gasteiger partial charge >= 0.3 is 0 Å². The summed E-state index contributed by atoms with van der Waals surface area (Å²) in [4.78, 5) is 10.7. The van der Waals surface area contributed by atoms with Crippen molar-refractivity contribution in [3.63, 3.8) is 0 Å². The minimum absolute atomic E-state index is 0.198. The third kappa shape index (κ3) is 4.38. The molecule has 1 aromatic carbocycles. The molecule has 5 heteroatoms. The van der Waals surface area contributed by atoms with Gasteiger partial charge in [0.15, 0.2) is 0 Å². The molecule has 0 fully saturated rings. The Hall–Kier alpha value is -0.940. The van der Waals surface area contributed by atoms with E-state index in [0.717, 1.165) is 29.4 Å². The summed E-state index contributed by atoms with van der Waals surface area (Å²) in [6.07, 6.45) is 2.80. The molecule has 0 saturated carbocycles. The Kier molecular flexibility index (Phi) is 6.29. The van der Waals surface area contributed by atoms with Gasteiger partial charge in [-0.1, -0.05) is 42.3 Å². The third-order valence-corrected chi connectivity index (χ3v) is 3.33. The van der Waals surface area contributed by atoms with Crippen molar-refractivity contribution in [3.05, 3.63) is 38.3 Å². The maximum Gasteiger partial charge on any atom is 0.273 e. The van der Waals surface area contributed by atoms with Gasteiger partial charge in [-0.15, -0.1) is 0 Å². The van der Waals surface area contributed by atoms with Crippen LogP contribution >= 0.6 is 15.9 Å². The quantitative estimate of drug-likeness (QED) is 0.617. The molecule has 0 aliphatic carbocycles. The first-order valence-corrected chi connectivity index (χ1v) is 7.04. The van der Waals surface area contributed by atoms with Gasteiger partial charge in [-0.25, -0.2) is 0 Å². The fourth-order valence-electron chi connectivity index (χ4n) is 2.06. The lowest BCUT2D eigenvalue weighted by Gasteiger charge is -2.17. The zero-order chi connectivity index (χ0) is 13.5. The van der Waals surface area contributed by atoms with Crippen molar-refractivity contribution in [1.29, 1.82) is 0 Å². The third-order valence-electron chi connectivity index (χ3n) is 2.84. The van der Waals surface area contributed by atoms with Crippen LogP contribution in [0.5, 0.6) is 0 Å². The van der Waals surface area contributed by atoms with Crippen LogP contribution in [0, 0.1) is 10.1 Å². The van der Waals surface area contributed by atoms with Crippen molar-refractivity contribution in [2.75, 3.05) is 6.54 Å². The van der Waals surface area contributed by atoms with Crippen LogP contribution in [-0.4, -0.2) is 17.5 Å². The van der Waals surface area contributed by atoms with E-state index in [-0.39, 0.29) is 10.6 Å². The molecule has 0 aromatic heterocycles. The summed E-state index contributed by atoms with van der Waals surface area (Å²) in [5.74, 6) is 0. The Balaban J connectivity index is 2.90. The number of hydrogen-bond donors (Lipinski definition) is 1. The normalized spacial score (nSPS) is 12.4. The minimum Gasteiger partial charge on any atom is -0.314 e. The second kappa shape index (κ2) is 7.48. The Labute approximate surface area is 116 Å². The van der Waals surface area contributed by atoms with Crippen LogP contribution in [0.25, 0.3) is 0 Å². The fraction of sp³-hybridized carbons (Fsp3) is 0.538. The van der Waals surface area contributed by atoms with Gasteiger partial charge in [0, 0.05) is 22.1 Å². The lowest BCUT2D eigenvalue weighted by molar-refractivity contribution is -0.385. The number of halogens is 1. The monoisotopic (exact) mass is 314 g/mol. The Morgan fingerprint density at radius 2 is 2.17 bits per heavy atom.